The number of nitrogens with zero attached hydrogens (tertiary/aromatic N) is 4. The molecule has 4 rings (SSSR count). The maximum atomic E-state index is 12.3. The molecule has 3 heterocycles. The van der Waals surface area contributed by atoms with Crippen molar-refractivity contribution in [1.82, 2.24) is 20.2 Å². The van der Waals surface area contributed by atoms with E-state index in [4.69, 9.17) is 0 Å². The van der Waals surface area contributed by atoms with Crippen LogP contribution in [0.15, 0.2) is 66.0 Å². The number of carbonyl (C=O) groups is 2. The van der Waals surface area contributed by atoms with Crippen molar-refractivity contribution >= 4 is 40.5 Å². The molecule has 1 aromatic carbocycles. The van der Waals surface area contributed by atoms with E-state index < -0.39 is 0 Å². The first-order valence-corrected chi connectivity index (χ1v) is 11.6. The molecule has 0 atom stereocenters. The summed E-state index contributed by atoms with van der Waals surface area (Å²) >= 11 is 2.84. The zero-order valence-corrected chi connectivity index (χ0v) is 19.0. The molecule has 0 aliphatic heterocycles. The predicted molar refractivity (Wildman–Crippen MR) is 127 cm³/mol. The number of carbonyl (C=O) groups excluding carboxylic acids is 2. The second-order valence-electron chi connectivity index (χ2n) is 6.91. The highest BCUT2D eigenvalue weighted by Gasteiger charge is 2.14. The van der Waals surface area contributed by atoms with Gasteiger partial charge in [-0.15, -0.1) is 21.5 Å². The van der Waals surface area contributed by atoms with Crippen LogP contribution in [0, 0.1) is 6.92 Å². The van der Waals surface area contributed by atoms with Crippen LogP contribution in [0.1, 0.15) is 23.0 Å². The largest absolute Gasteiger partial charge is 0.325 e. The zero-order chi connectivity index (χ0) is 22.5. The molecule has 7 nitrogen and oxygen atoms in total. The number of aryl methyl sites for hydroxylation is 1. The van der Waals surface area contributed by atoms with Crippen LogP contribution in [0.25, 0.3) is 21.1 Å². The highest BCUT2D eigenvalue weighted by atomic mass is 32.2. The normalized spacial score (nSPS) is 10.7. The summed E-state index contributed by atoms with van der Waals surface area (Å²) in [5.41, 5.74) is 3.74. The molecule has 1 amide bonds. The molecular weight excluding hydrogens is 442 g/mol. The molecule has 0 saturated heterocycles. The van der Waals surface area contributed by atoms with Crippen molar-refractivity contribution in [1.29, 1.82) is 0 Å². The SMILES string of the molecule is CC(=O)c1cccc(NC(=O)CSc2ccc(-c3sc(-c4cccnc4)nc3C)nn2)c1. The first-order valence-electron chi connectivity index (χ1n) is 9.75. The van der Waals surface area contributed by atoms with Crippen molar-refractivity contribution < 1.29 is 9.59 Å². The van der Waals surface area contributed by atoms with Crippen LogP contribution in [-0.2, 0) is 4.79 Å². The fourth-order valence-corrected chi connectivity index (χ4v) is 4.55. The Hall–Kier alpha value is -3.43. The van der Waals surface area contributed by atoms with Gasteiger partial charge in [0.15, 0.2) is 5.78 Å². The van der Waals surface area contributed by atoms with Gasteiger partial charge in [-0.05, 0) is 50.2 Å². The van der Waals surface area contributed by atoms with Gasteiger partial charge in [0, 0.05) is 29.2 Å². The van der Waals surface area contributed by atoms with Crippen LogP contribution in [0.4, 0.5) is 5.69 Å². The summed E-state index contributed by atoms with van der Waals surface area (Å²) in [4.78, 5) is 33.5. The topological polar surface area (TPSA) is 97.7 Å². The van der Waals surface area contributed by atoms with Crippen LogP contribution >= 0.6 is 23.1 Å². The van der Waals surface area contributed by atoms with E-state index in [1.165, 1.54) is 18.7 Å². The smallest absolute Gasteiger partial charge is 0.234 e. The molecule has 0 aliphatic carbocycles. The Kier molecular flexibility index (Phi) is 6.67. The molecule has 0 aliphatic rings. The molecule has 32 heavy (non-hydrogen) atoms. The number of amides is 1. The predicted octanol–water partition coefficient (Wildman–Crippen LogP) is 4.90. The fourth-order valence-electron chi connectivity index (χ4n) is 2.92. The molecule has 4 aromatic rings. The van der Waals surface area contributed by atoms with E-state index in [2.05, 4.69) is 25.5 Å². The first kappa shape index (κ1) is 21.8. The van der Waals surface area contributed by atoms with E-state index >= 15 is 0 Å². The van der Waals surface area contributed by atoms with E-state index in [-0.39, 0.29) is 17.4 Å². The van der Waals surface area contributed by atoms with Crippen LogP contribution in [0.2, 0.25) is 0 Å². The number of hydrogen-bond donors (Lipinski definition) is 1. The maximum absolute atomic E-state index is 12.3. The lowest BCUT2D eigenvalue weighted by atomic mass is 10.1. The molecule has 0 unspecified atom stereocenters. The van der Waals surface area contributed by atoms with Gasteiger partial charge in [-0.1, -0.05) is 23.9 Å². The number of rotatable bonds is 7. The van der Waals surface area contributed by atoms with Gasteiger partial charge in [-0.25, -0.2) is 4.98 Å². The second-order valence-corrected chi connectivity index (χ2v) is 8.90. The Bertz CT molecular complexity index is 1260. The Morgan fingerprint density at radius 2 is 1.97 bits per heavy atom. The van der Waals surface area contributed by atoms with Gasteiger partial charge in [-0.2, -0.15) is 0 Å². The minimum atomic E-state index is -0.180. The highest BCUT2D eigenvalue weighted by molar-refractivity contribution is 7.99. The summed E-state index contributed by atoms with van der Waals surface area (Å²) in [5, 5.41) is 12.9. The van der Waals surface area contributed by atoms with E-state index in [1.54, 1.807) is 48.0 Å². The summed E-state index contributed by atoms with van der Waals surface area (Å²) in [6.07, 6.45) is 3.52. The summed E-state index contributed by atoms with van der Waals surface area (Å²) in [5.74, 6) is -0.0427. The van der Waals surface area contributed by atoms with Crippen LogP contribution < -0.4 is 5.32 Å². The average molecular weight is 462 g/mol. The third-order valence-electron chi connectivity index (χ3n) is 4.48. The van der Waals surface area contributed by atoms with Crippen molar-refractivity contribution in [2.75, 3.05) is 11.1 Å². The Morgan fingerprint density at radius 1 is 1.09 bits per heavy atom. The molecule has 0 fully saturated rings. The van der Waals surface area contributed by atoms with E-state index in [0.29, 0.717) is 16.3 Å². The van der Waals surface area contributed by atoms with Gasteiger partial charge in [-0.3, -0.25) is 14.6 Å². The van der Waals surface area contributed by atoms with Gasteiger partial charge < -0.3 is 5.32 Å². The number of ketones is 1. The standard InChI is InChI=1S/C23H19N5O2S2/c1-14-22(32-23(25-14)17-6-4-10-24-12-17)19-8-9-21(28-27-19)31-13-20(30)26-18-7-3-5-16(11-18)15(2)29/h3-12H,13H2,1-2H3,(H,26,30). The number of hydrogen-bond acceptors (Lipinski definition) is 8. The quantitative estimate of drug-likeness (QED) is 0.309. The summed E-state index contributed by atoms with van der Waals surface area (Å²) in [6.45, 7) is 3.44. The van der Waals surface area contributed by atoms with Crippen molar-refractivity contribution in [2.45, 2.75) is 18.9 Å². The number of Topliss-reactive ketones (excluding diaryl/α,β-unsaturated/α-hetero) is 1. The number of nitrogens with one attached hydrogen (secondary N) is 1. The van der Waals surface area contributed by atoms with Gasteiger partial charge in [0.1, 0.15) is 15.7 Å². The minimum absolute atomic E-state index is 0.0467. The van der Waals surface area contributed by atoms with Crippen molar-refractivity contribution in [3.8, 4) is 21.1 Å². The molecular formula is C23H19N5O2S2. The Balaban J connectivity index is 1.38. The van der Waals surface area contributed by atoms with Gasteiger partial charge in [0.2, 0.25) is 5.91 Å². The van der Waals surface area contributed by atoms with Crippen LogP contribution in [0.3, 0.4) is 0 Å². The molecule has 9 heteroatoms. The third kappa shape index (κ3) is 5.24. The van der Waals surface area contributed by atoms with Gasteiger partial charge in [0.05, 0.1) is 16.3 Å². The molecule has 0 spiro atoms. The van der Waals surface area contributed by atoms with Gasteiger partial charge >= 0.3 is 0 Å². The van der Waals surface area contributed by atoms with E-state index in [0.717, 1.165) is 26.8 Å². The Morgan fingerprint density at radius 3 is 2.69 bits per heavy atom. The number of thiazole rings is 1. The summed E-state index contributed by atoms with van der Waals surface area (Å²) in [6, 6.07) is 14.5. The molecule has 160 valence electrons. The Labute approximate surface area is 193 Å². The molecule has 1 N–H and O–H groups in total. The van der Waals surface area contributed by atoms with E-state index in [9.17, 15) is 9.59 Å². The number of benzene rings is 1. The fraction of sp³-hybridized carbons (Fsp3) is 0.130. The molecule has 3 aromatic heterocycles. The van der Waals surface area contributed by atoms with Crippen molar-refractivity contribution in [2.24, 2.45) is 0 Å². The zero-order valence-electron chi connectivity index (χ0n) is 17.4. The lowest BCUT2D eigenvalue weighted by molar-refractivity contribution is -0.113. The molecule has 0 radical (unpaired) electrons. The number of aromatic nitrogens is 4. The number of anilines is 1. The maximum Gasteiger partial charge on any atom is 0.234 e. The lowest BCUT2D eigenvalue weighted by Crippen LogP contribution is -2.14. The second kappa shape index (κ2) is 9.80. The molecule has 0 bridgehead atoms. The average Bonchev–Trinajstić information content (AvgIpc) is 3.20. The summed E-state index contributed by atoms with van der Waals surface area (Å²) < 4.78 is 0. The highest BCUT2D eigenvalue weighted by Crippen LogP contribution is 2.34. The summed E-state index contributed by atoms with van der Waals surface area (Å²) in [7, 11) is 0. The van der Waals surface area contributed by atoms with Crippen molar-refractivity contribution in [3.63, 3.8) is 0 Å². The molecule has 0 saturated carbocycles. The first-order chi connectivity index (χ1) is 15.5. The van der Waals surface area contributed by atoms with Gasteiger partial charge in [0.25, 0.3) is 0 Å². The van der Waals surface area contributed by atoms with Crippen molar-refractivity contribution in [3.05, 3.63) is 72.2 Å². The number of pyridine rings is 1. The lowest BCUT2D eigenvalue weighted by Gasteiger charge is -2.06. The van der Waals surface area contributed by atoms with Crippen LogP contribution in [-0.4, -0.2) is 37.6 Å². The number of thioether (sulfide) groups is 1. The minimum Gasteiger partial charge on any atom is -0.325 e. The van der Waals surface area contributed by atoms with E-state index in [1.807, 2.05) is 31.2 Å². The monoisotopic (exact) mass is 461 g/mol. The van der Waals surface area contributed by atoms with Crippen LogP contribution in [0.5, 0.6) is 0 Å². The third-order valence-corrected chi connectivity index (χ3v) is 6.63.